The summed E-state index contributed by atoms with van der Waals surface area (Å²) >= 11 is 0. The number of rotatable bonds is 5. The van der Waals surface area contributed by atoms with Gasteiger partial charge in [-0.2, -0.15) is 18.3 Å². The predicted molar refractivity (Wildman–Crippen MR) is 123 cm³/mol. The van der Waals surface area contributed by atoms with Crippen LogP contribution in [0.4, 0.5) is 13.2 Å². The second kappa shape index (κ2) is 8.73. The van der Waals surface area contributed by atoms with Gasteiger partial charge in [-0.25, -0.2) is 0 Å². The second-order valence-corrected chi connectivity index (χ2v) is 8.55. The third-order valence-corrected chi connectivity index (χ3v) is 6.24. The van der Waals surface area contributed by atoms with Crippen LogP contribution < -0.4 is 5.56 Å². The number of pyridine rings is 1. The van der Waals surface area contributed by atoms with E-state index in [0.717, 1.165) is 42.5 Å². The van der Waals surface area contributed by atoms with Crippen molar-refractivity contribution in [3.63, 3.8) is 0 Å². The molecule has 0 amide bonds. The molecule has 4 aromatic rings. The molecule has 2 aromatic heterocycles. The zero-order chi connectivity index (χ0) is 23.9. The van der Waals surface area contributed by atoms with Crippen molar-refractivity contribution >= 4 is 10.9 Å². The Morgan fingerprint density at radius 3 is 2.47 bits per heavy atom. The van der Waals surface area contributed by atoms with Gasteiger partial charge in [0.15, 0.2) is 0 Å². The van der Waals surface area contributed by atoms with Crippen LogP contribution in [0.5, 0.6) is 0 Å². The van der Waals surface area contributed by atoms with Gasteiger partial charge in [-0.3, -0.25) is 18.9 Å². The highest BCUT2D eigenvalue weighted by Gasteiger charge is 2.30. The van der Waals surface area contributed by atoms with Crippen LogP contribution in [0.3, 0.4) is 0 Å². The Hall–Kier alpha value is -3.43. The van der Waals surface area contributed by atoms with E-state index >= 15 is 0 Å². The Balaban J connectivity index is 1.35. The van der Waals surface area contributed by atoms with Gasteiger partial charge in [-0.1, -0.05) is 12.1 Å². The average Bonchev–Trinajstić information content (AvgIpc) is 3.42. The van der Waals surface area contributed by atoms with Crippen LogP contribution in [0.25, 0.3) is 27.7 Å². The predicted octanol–water partition coefficient (Wildman–Crippen LogP) is 3.94. The van der Waals surface area contributed by atoms with E-state index in [1.807, 2.05) is 22.9 Å². The van der Waals surface area contributed by atoms with Crippen molar-refractivity contribution in [2.75, 3.05) is 19.6 Å². The van der Waals surface area contributed by atoms with Gasteiger partial charge in [0.05, 0.1) is 29.9 Å². The summed E-state index contributed by atoms with van der Waals surface area (Å²) < 4.78 is 41.8. The van der Waals surface area contributed by atoms with E-state index in [1.165, 1.54) is 22.8 Å². The summed E-state index contributed by atoms with van der Waals surface area (Å²) in [6.45, 7) is 3.09. The minimum Gasteiger partial charge on any atom is -0.392 e. The van der Waals surface area contributed by atoms with Gasteiger partial charge < -0.3 is 5.11 Å². The Morgan fingerprint density at radius 1 is 1.00 bits per heavy atom. The van der Waals surface area contributed by atoms with E-state index < -0.39 is 11.7 Å². The van der Waals surface area contributed by atoms with E-state index in [0.29, 0.717) is 29.9 Å². The monoisotopic (exact) mass is 468 g/mol. The molecular formula is C25H23F3N4O2. The van der Waals surface area contributed by atoms with E-state index in [1.54, 1.807) is 18.5 Å². The number of hydrogen-bond donors (Lipinski definition) is 1. The topological polar surface area (TPSA) is 63.3 Å². The molecule has 1 atom stereocenters. The lowest BCUT2D eigenvalue weighted by atomic mass is 10.0. The van der Waals surface area contributed by atoms with Crippen LogP contribution in [0.1, 0.15) is 12.0 Å². The average molecular weight is 468 g/mol. The number of nitrogens with zero attached hydrogens (tertiary/aromatic N) is 4. The normalized spacial score (nSPS) is 17.0. The van der Waals surface area contributed by atoms with E-state index in [2.05, 4.69) is 10.00 Å². The minimum atomic E-state index is -4.40. The van der Waals surface area contributed by atoms with Crippen molar-refractivity contribution in [1.82, 2.24) is 19.2 Å². The molecule has 176 valence electrons. The van der Waals surface area contributed by atoms with Crippen LogP contribution >= 0.6 is 0 Å². The molecule has 1 N–H and O–H groups in total. The molecule has 0 aliphatic carbocycles. The first-order chi connectivity index (χ1) is 16.3. The van der Waals surface area contributed by atoms with Gasteiger partial charge in [-0.15, -0.1) is 0 Å². The molecular weight excluding hydrogens is 445 g/mol. The number of hydrogen-bond acceptors (Lipinski definition) is 4. The molecule has 3 heterocycles. The van der Waals surface area contributed by atoms with Gasteiger partial charge in [-0.05, 0) is 53.9 Å². The molecule has 0 bridgehead atoms. The van der Waals surface area contributed by atoms with Crippen molar-refractivity contribution in [1.29, 1.82) is 0 Å². The van der Waals surface area contributed by atoms with Gasteiger partial charge in [0.25, 0.3) is 5.56 Å². The highest BCUT2D eigenvalue weighted by molar-refractivity contribution is 5.81. The Bertz CT molecular complexity index is 1380. The fraction of sp³-hybridized carbons (Fsp3) is 0.280. The smallest absolute Gasteiger partial charge is 0.392 e. The summed E-state index contributed by atoms with van der Waals surface area (Å²) in [5, 5.41) is 15.1. The van der Waals surface area contributed by atoms with E-state index in [4.69, 9.17) is 0 Å². The summed E-state index contributed by atoms with van der Waals surface area (Å²) in [5.41, 5.74) is 1.72. The maximum absolute atomic E-state index is 12.8. The molecule has 0 radical (unpaired) electrons. The number of alkyl halides is 3. The fourth-order valence-corrected chi connectivity index (χ4v) is 4.38. The third kappa shape index (κ3) is 4.49. The molecule has 1 aliphatic heterocycles. The lowest BCUT2D eigenvalue weighted by Crippen LogP contribution is -2.26. The SMILES string of the molecule is O=c1cc(-c2ccc(C(F)(F)F)cc2)ccn1-c1ccc2c(cnn2CCN2CC[C@@H](O)C2)c1. The van der Waals surface area contributed by atoms with Crippen molar-refractivity contribution in [2.24, 2.45) is 0 Å². The van der Waals surface area contributed by atoms with Gasteiger partial charge in [0.1, 0.15) is 0 Å². The zero-order valence-electron chi connectivity index (χ0n) is 18.2. The molecule has 6 nitrogen and oxygen atoms in total. The number of fused-ring (bicyclic) bond motifs is 1. The van der Waals surface area contributed by atoms with Gasteiger partial charge >= 0.3 is 6.18 Å². The first kappa shape index (κ1) is 22.4. The summed E-state index contributed by atoms with van der Waals surface area (Å²) in [5.74, 6) is 0. The first-order valence-corrected chi connectivity index (χ1v) is 11.0. The largest absolute Gasteiger partial charge is 0.416 e. The minimum absolute atomic E-state index is 0.249. The first-order valence-electron chi connectivity index (χ1n) is 11.0. The molecule has 0 unspecified atom stereocenters. The van der Waals surface area contributed by atoms with E-state index in [-0.39, 0.29) is 11.7 Å². The summed E-state index contributed by atoms with van der Waals surface area (Å²) in [6.07, 6.45) is -0.458. The quantitative estimate of drug-likeness (QED) is 0.482. The van der Waals surface area contributed by atoms with E-state index in [9.17, 15) is 23.1 Å². The molecule has 1 aliphatic rings. The number of aliphatic hydroxyl groups is 1. The zero-order valence-corrected chi connectivity index (χ0v) is 18.2. The molecule has 0 spiro atoms. The number of aromatic nitrogens is 3. The Morgan fingerprint density at radius 2 is 1.79 bits per heavy atom. The third-order valence-electron chi connectivity index (χ3n) is 6.24. The van der Waals surface area contributed by atoms with Crippen LogP contribution in [0.15, 0.2) is 71.8 Å². The van der Waals surface area contributed by atoms with Crippen LogP contribution in [-0.4, -0.2) is 50.1 Å². The standard InChI is InChI=1S/C25H23F3N4O2/c26-25(27,28)20-3-1-17(2-4-20)18-7-10-31(24(34)14-18)21-5-6-23-19(13-21)15-29-32(23)12-11-30-9-8-22(33)16-30/h1-7,10,13-15,22,33H,8-9,11-12,16H2/t22-/m1/s1. The molecule has 34 heavy (non-hydrogen) atoms. The van der Waals surface area contributed by atoms with Crippen LogP contribution in [0.2, 0.25) is 0 Å². The Labute approximate surface area is 193 Å². The van der Waals surface area contributed by atoms with Gasteiger partial charge in [0, 0.05) is 43.0 Å². The summed E-state index contributed by atoms with van der Waals surface area (Å²) in [6, 6.07) is 13.5. The van der Waals surface area contributed by atoms with Crippen molar-refractivity contribution in [3.8, 4) is 16.8 Å². The molecule has 2 aromatic carbocycles. The molecule has 1 fully saturated rings. The summed E-state index contributed by atoms with van der Waals surface area (Å²) in [4.78, 5) is 15.0. The lowest BCUT2D eigenvalue weighted by Gasteiger charge is -2.15. The van der Waals surface area contributed by atoms with Gasteiger partial charge in [0.2, 0.25) is 0 Å². The number of aliphatic hydroxyl groups excluding tert-OH is 1. The number of halogens is 3. The number of benzene rings is 2. The highest BCUT2D eigenvalue weighted by atomic mass is 19.4. The van der Waals surface area contributed by atoms with Crippen molar-refractivity contribution in [2.45, 2.75) is 25.2 Å². The second-order valence-electron chi connectivity index (χ2n) is 8.55. The van der Waals surface area contributed by atoms with Crippen LogP contribution in [0, 0.1) is 0 Å². The highest BCUT2D eigenvalue weighted by Crippen LogP contribution is 2.30. The number of β-amino-alcohol motifs (C(OH)–C–C–N with tert-alkyl or cyclic N) is 1. The Kier molecular flexibility index (Phi) is 5.75. The number of likely N-dealkylation sites (tertiary alicyclic amines) is 1. The fourth-order valence-electron chi connectivity index (χ4n) is 4.38. The van der Waals surface area contributed by atoms with Crippen LogP contribution in [-0.2, 0) is 12.7 Å². The maximum Gasteiger partial charge on any atom is 0.416 e. The summed E-state index contributed by atoms with van der Waals surface area (Å²) in [7, 11) is 0. The maximum atomic E-state index is 12.8. The van der Waals surface area contributed by atoms with Crippen molar-refractivity contribution in [3.05, 3.63) is 82.9 Å². The molecule has 5 rings (SSSR count). The molecule has 9 heteroatoms. The lowest BCUT2D eigenvalue weighted by molar-refractivity contribution is -0.137. The van der Waals surface area contributed by atoms with Crippen molar-refractivity contribution < 1.29 is 18.3 Å². The molecule has 0 saturated carbocycles. The molecule has 1 saturated heterocycles.